The summed E-state index contributed by atoms with van der Waals surface area (Å²) >= 11 is 0. The maximum absolute atomic E-state index is 12.0. The van der Waals surface area contributed by atoms with E-state index in [4.69, 9.17) is 13.9 Å². The molecule has 2 heterocycles. The SMILES string of the molecule is O=C(COC(=O)c1cc2ccccc2oc1=O)NC[C@H]1CCCO1. The maximum atomic E-state index is 12.0. The molecule has 1 aliphatic rings. The van der Waals surface area contributed by atoms with Crippen LogP contribution in [0.15, 0.2) is 39.5 Å². The van der Waals surface area contributed by atoms with Gasteiger partial charge in [0.15, 0.2) is 6.61 Å². The van der Waals surface area contributed by atoms with E-state index < -0.39 is 24.1 Å². The third kappa shape index (κ3) is 3.80. The number of para-hydroxylation sites is 1. The van der Waals surface area contributed by atoms with E-state index in [2.05, 4.69) is 5.32 Å². The second kappa shape index (κ2) is 7.27. The standard InChI is InChI=1S/C17H17NO6/c19-15(18-9-12-5-3-7-22-12)10-23-16(20)13-8-11-4-1-2-6-14(11)24-17(13)21/h1-2,4,6,8,12H,3,5,7,9-10H2,(H,18,19)/t12-/m1/s1. The van der Waals surface area contributed by atoms with Gasteiger partial charge in [-0.15, -0.1) is 0 Å². The summed E-state index contributed by atoms with van der Waals surface area (Å²) in [6.45, 7) is 0.625. The van der Waals surface area contributed by atoms with Gasteiger partial charge in [0.1, 0.15) is 11.1 Å². The number of carbonyl (C=O) groups excluding carboxylic acids is 2. The Balaban J connectivity index is 1.57. The van der Waals surface area contributed by atoms with Crippen LogP contribution in [0.4, 0.5) is 0 Å². The van der Waals surface area contributed by atoms with Crippen LogP contribution in [0.5, 0.6) is 0 Å². The van der Waals surface area contributed by atoms with Crippen LogP contribution in [-0.2, 0) is 14.3 Å². The Hall–Kier alpha value is -2.67. The third-order valence-electron chi connectivity index (χ3n) is 3.75. The summed E-state index contributed by atoms with van der Waals surface area (Å²) in [5.41, 5.74) is -0.646. The number of hydrogen-bond acceptors (Lipinski definition) is 6. The average Bonchev–Trinajstić information content (AvgIpc) is 3.10. The van der Waals surface area contributed by atoms with Crippen LogP contribution in [0.2, 0.25) is 0 Å². The van der Waals surface area contributed by atoms with E-state index in [0.29, 0.717) is 24.1 Å². The van der Waals surface area contributed by atoms with E-state index in [9.17, 15) is 14.4 Å². The van der Waals surface area contributed by atoms with Crippen LogP contribution in [-0.4, -0.2) is 37.7 Å². The Labute approximate surface area is 137 Å². The van der Waals surface area contributed by atoms with Crippen molar-refractivity contribution >= 4 is 22.8 Å². The number of carbonyl (C=O) groups is 2. The highest BCUT2D eigenvalue weighted by Gasteiger charge is 2.18. The molecule has 0 radical (unpaired) electrons. The first-order valence-electron chi connectivity index (χ1n) is 7.72. The van der Waals surface area contributed by atoms with Crippen LogP contribution in [0.1, 0.15) is 23.2 Å². The molecule has 1 aliphatic heterocycles. The first-order valence-corrected chi connectivity index (χ1v) is 7.72. The van der Waals surface area contributed by atoms with Gasteiger partial charge < -0.3 is 19.2 Å². The van der Waals surface area contributed by atoms with Gasteiger partial charge in [-0.1, -0.05) is 18.2 Å². The van der Waals surface area contributed by atoms with E-state index in [0.717, 1.165) is 12.8 Å². The van der Waals surface area contributed by atoms with Crippen molar-refractivity contribution in [3.05, 3.63) is 46.3 Å². The van der Waals surface area contributed by atoms with E-state index in [1.54, 1.807) is 24.3 Å². The highest BCUT2D eigenvalue weighted by Crippen LogP contribution is 2.13. The Morgan fingerprint density at radius 2 is 2.12 bits per heavy atom. The van der Waals surface area contributed by atoms with Crippen molar-refractivity contribution in [1.82, 2.24) is 5.32 Å². The fraction of sp³-hybridized carbons (Fsp3) is 0.353. The zero-order valence-electron chi connectivity index (χ0n) is 12.9. The summed E-state index contributed by atoms with van der Waals surface area (Å²) in [5.74, 6) is -1.33. The number of nitrogens with one attached hydrogen (secondary N) is 1. The molecule has 1 saturated heterocycles. The molecular weight excluding hydrogens is 314 g/mol. The molecule has 126 valence electrons. The van der Waals surface area contributed by atoms with Gasteiger partial charge in [0.25, 0.3) is 5.91 Å². The van der Waals surface area contributed by atoms with Crippen molar-refractivity contribution in [2.75, 3.05) is 19.8 Å². The molecule has 0 aliphatic carbocycles. The molecule has 1 N–H and O–H groups in total. The molecule has 0 spiro atoms. The average molecular weight is 331 g/mol. The smallest absolute Gasteiger partial charge is 0.351 e. The van der Waals surface area contributed by atoms with Gasteiger partial charge >= 0.3 is 11.6 Å². The van der Waals surface area contributed by atoms with Crippen molar-refractivity contribution in [2.45, 2.75) is 18.9 Å². The van der Waals surface area contributed by atoms with Gasteiger partial charge in [-0.2, -0.15) is 0 Å². The molecule has 1 atom stereocenters. The normalized spacial score (nSPS) is 16.9. The number of fused-ring (bicyclic) bond motifs is 1. The minimum atomic E-state index is -0.887. The first-order chi connectivity index (χ1) is 11.6. The van der Waals surface area contributed by atoms with Crippen molar-refractivity contribution < 1.29 is 23.5 Å². The van der Waals surface area contributed by atoms with Crippen LogP contribution in [0.3, 0.4) is 0 Å². The zero-order chi connectivity index (χ0) is 16.9. The second-order valence-electron chi connectivity index (χ2n) is 5.50. The molecular formula is C17H17NO6. The summed E-state index contributed by atoms with van der Waals surface area (Å²) in [6, 6.07) is 8.22. The lowest BCUT2D eigenvalue weighted by atomic mass is 10.2. The molecule has 0 saturated carbocycles. The molecule has 1 amide bonds. The Morgan fingerprint density at radius 1 is 1.29 bits per heavy atom. The molecule has 7 nitrogen and oxygen atoms in total. The summed E-state index contributed by atoms with van der Waals surface area (Å²) in [5, 5.41) is 3.24. The molecule has 7 heteroatoms. The number of esters is 1. The van der Waals surface area contributed by atoms with Gasteiger partial charge in [0.2, 0.25) is 0 Å². The minimum Gasteiger partial charge on any atom is -0.452 e. The Bertz CT molecular complexity index is 806. The molecule has 0 unspecified atom stereocenters. The summed E-state index contributed by atoms with van der Waals surface area (Å²) in [6.07, 6.45) is 1.89. The van der Waals surface area contributed by atoms with Crippen molar-refractivity contribution in [2.24, 2.45) is 0 Å². The minimum absolute atomic E-state index is 0.0113. The monoisotopic (exact) mass is 331 g/mol. The maximum Gasteiger partial charge on any atom is 0.351 e. The van der Waals surface area contributed by atoms with Crippen LogP contribution >= 0.6 is 0 Å². The molecule has 2 aromatic rings. The Kier molecular flexibility index (Phi) is 4.90. The topological polar surface area (TPSA) is 94.8 Å². The van der Waals surface area contributed by atoms with Crippen LogP contribution in [0.25, 0.3) is 11.0 Å². The number of amides is 1. The summed E-state index contributed by atoms with van der Waals surface area (Å²) in [7, 11) is 0. The van der Waals surface area contributed by atoms with Crippen LogP contribution in [0, 0.1) is 0 Å². The van der Waals surface area contributed by atoms with Gasteiger partial charge in [0.05, 0.1) is 6.10 Å². The van der Waals surface area contributed by atoms with Crippen molar-refractivity contribution in [3.63, 3.8) is 0 Å². The lowest BCUT2D eigenvalue weighted by Gasteiger charge is -2.10. The second-order valence-corrected chi connectivity index (χ2v) is 5.50. The summed E-state index contributed by atoms with van der Waals surface area (Å²) in [4.78, 5) is 35.5. The van der Waals surface area contributed by atoms with Gasteiger partial charge in [-0.25, -0.2) is 9.59 Å². The van der Waals surface area contributed by atoms with E-state index in [-0.39, 0.29) is 11.7 Å². The quantitative estimate of drug-likeness (QED) is 0.654. The molecule has 0 bridgehead atoms. The largest absolute Gasteiger partial charge is 0.452 e. The number of benzene rings is 1. The van der Waals surface area contributed by atoms with Crippen LogP contribution < -0.4 is 10.9 Å². The first kappa shape index (κ1) is 16.2. The fourth-order valence-corrected chi connectivity index (χ4v) is 2.50. The lowest BCUT2D eigenvalue weighted by Crippen LogP contribution is -2.35. The molecule has 24 heavy (non-hydrogen) atoms. The molecule has 1 fully saturated rings. The molecule has 1 aromatic heterocycles. The fourth-order valence-electron chi connectivity index (χ4n) is 2.50. The number of ether oxygens (including phenoxy) is 2. The highest BCUT2D eigenvalue weighted by molar-refractivity contribution is 5.94. The zero-order valence-corrected chi connectivity index (χ0v) is 12.9. The molecule has 3 rings (SSSR count). The van der Waals surface area contributed by atoms with E-state index >= 15 is 0 Å². The highest BCUT2D eigenvalue weighted by atomic mass is 16.5. The van der Waals surface area contributed by atoms with Crippen molar-refractivity contribution in [1.29, 1.82) is 0 Å². The Morgan fingerprint density at radius 3 is 2.92 bits per heavy atom. The number of rotatable bonds is 5. The predicted octanol–water partition coefficient (Wildman–Crippen LogP) is 1.24. The number of hydrogen-bond donors (Lipinski definition) is 1. The molecule has 1 aromatic carbocycles. The predicted molar refractivity (Wildman–Crippen MR) is 84.8 cm³/mol. The van der Waals surface area contributed by atoms with E-state index in [1.165, 1.54) is 6.07 Å². The van der Waals surface area contributed by atoms with Gasteiger partial charge in [-0.3, -0.25) is 4.79 Å². The van der Waals surface area contributed by atoms with Crippen molar-refractivity contribution in [3.8, 4) is 0 Å². The third-order valence-corrected chi connectivity index (χ3v) is 3.75. The summed E-state index contributed by atoms with van der Waals surface area (Å²) < 4.78 is 15.3. The lowest BCUT2D eigenvalue weighted by molar-refractivity contribution is -0.124. The van der Waals surface area contributed by atoms with Gasteiger partial charge in [-0.05, 0) is 25.0 Å². The van der Waals surface area contributed by atoms with Gasteiger partial charge in [0, 0.05) is 18.5 Å². The van der Waals surface area contributed by atoms with E-state index in [1.807, 2.05) is 0 Å².